The van der Waals surface area contributed by atoms with Crippen molar-refractivity contribution in [1.29, 1.82) is 0 Å². The number of pyridine rings is 1. The molecule has 0 saturated carbocycles. The Bertz CT molecular complexity index is 1330. The molecular weight excluding hydrogens is 414 g/mol. The molecule has 1 atom stereocenters. The van der Waals surface area contributed by atoms with Gasteiger partial charge in [0, 0.05) is 43.3 Å². The van der Waals surface area contributed by atoms with Gasteiger partial charge in [-0.2, -0.15) is 5.10 Å². The number of aryl methyl sites for hydroxylation is 1. The minimum atomic E-state index is -0.703. The first-order chi connectivity index (χ1) is 16.2. The van der Waals surface area contributed by atoms with Crippen LogP contribution in [0.5, 0.6) is 0 Å². The van der Waals surface area contributed by atoms with E-state index >= 15 is 0 Å². The van der Waals surface area contributed by atoms with E-state index in [1.165, 1.54) is 11.1 Å². The molecule has 5 heterocycles. The van der Waals surface area contributed by atoms with Crippen LogP contribution < -0.4 is 4.90 Å². The van der Waals surface area contributed by atoms with Gasteiger partial charge >= 0.3 is 0 Å². The quantitative estimate of drug-likeness (QED) is 0.447. The van der Waals surface area contributed by atoms with Crippen LogP contribution in [0.4, 0.5) is 5.95 Å². The Morgan fingerprint density at radius 2 is 1.79 bits per heavy atom. The molecule has 2 N–H and O–H groups in total. The van der Waals surface area contributed by atoms with Crippen molar-refractivity contribution >= 4 is 11.5 Å². The average molecular weight is 440 g/mol. The molecule has 5 aromatic rings. The third-order valence-electron chi connectivity index (χ3n) is 5.79. The Balaban J connectivity index is 0.000000190. The highest BCUT2D eigenvalue weighted by Gasteiger charge is 2.20. The van der Waals surface area contributed by atoms with Crippen LogP contribution in [0.1, 0.15) is 34.2 Å². The highest BCUT2D eigenvalue weighted by atomic mass is 16.3. The van der Waals surface area contributed by atoms with Gasteiger partial charge in [-0.25, -0.2) is 19.5 Å². The first kappa shape index (κ1) is 20.8. The third-order valence-corrected chi connectivity index (χ3v) is 5.79. The lowest BCUT2D eigenvalue weighted by molar-refractivity contribution is 0.219. The second kappa shape index (κ2) is 9.22. The van der Waals surface area contributed by atoms with Crippen molar-refractivity contribution in [3.8, 4) is 0 Å². The van der Waals surface area contributed by atoms with E-state index in [0.29, 0.717) is 11.5 Å². The highest BCUT2D eigenvalue weighted by molar-refractivity contribution is 5.52. The molecule has 0 spiro atoms. The number of aliphatic hydroxyl groups excluding tert-OH is 1. The van der Waals surface area contributed by atoms with Crippen LogP contribution in [0, 0.1) is 6.92 Å². The van der Waals surface area contributed by atoms with E-state index in [9.17, 15) is 5.11 Å². The van der Waals surface area contributed by atoms with Crippen LogP contribution in [-0.2, 0) is 13.0 Å². The van der Waals surface area contributed by atoms with Crippen LogP contribution in [0.15, 0.2) is 79.6 Å². The Morgan fingerprint density at radius 3 is 2.58 bits per heavy atom. The lowest BCUT2D eigenvalue weighted by atomic mass is 10.0. The van der Waals surface area contributed by atoms with Crippen LogP contribution >= 0.6 is 0 Å². The predicted molar refractivity (Wildman–Crippen MR) is 126 cm³/mol. The van der Waals surface area contributed by atoms with Gasteiger partial charge in [0.1, 0.15) is 6.10 Å². The van der Waals surface area contributed by atoms with Gasteiger partial charge < -0.3 is 15.0 Å². The largest absolute Gasteiger partial charge is 0.384 e. The number of fused-ring (bicyclic) bond motifs is 2. The average Bonchev–Trinajstić information content (AvgIpc) is 3.54. The first-order valence-corrected chi connectivity index (χ1v) is 10.9. The van der Waals surface area contributed by atoms with Crippen molar-refractivity contribution in [2.45, 2.75) is 26.0 Å². The van der Waals surface area contributed by atoms with E-state index in [1.807, 2.05) is 59.4 Å². The Kier molecular flexibility index (Phi) is 5.82. The van der Waals surface area contributed by atoms with Crippen molar-refractivity contribution in [1.82, 2.24) is 29.5 Å². The number of hydrogen-bond acceptors (Lipinski definition) is 6. The zero-order valence-electron chi connectivity index (χ0n) is 18.3. The van der Waals surface area contributed by atoms with Gasteiger partial charge in [0.25, 0.3) is 0 Å². The van der Waals surface area contributed by atoms with E-state index in [2.05, 4.69) is 42.9 Å². The zero-order valence-corrected chi connectivity index (χ0v) is 18.3. The molecule has 0 radical (unpaired) electrons. The van der Waals surface area contributed by atoms with Gasteiger partial charge in [-0.3, -0.25) is 0 Å². The molecule has 1 aromatic carbocycles. The number of aromatic nitrogens is 6. The summed E-state index contributed by atoms with van der Waals surface area (Å²) in [5.74, 6) is 0.675. The molecular formula is C25H25N7O. The van der Waals surface area contributed by atoms with E-state index in [1.54, 1.807) is 18.7 Å². The van der Waals surface area contributed by atoms with Gasteiger partial charge in [-0.05, 0) is 30.2 Å². The summed E-state index contributed by atoms with van der Waals surface area (Å²) >= 11 is 0. The molecule has 1 aliphatic heterocycles. The monoisotopic (exact) mass is 439 g/mol. The number of aliphatic hydroxyl groups is 1. The van der Waals surface area contributed by atoms with Crippen LogP contribution in [0.25, 0.3) is 5.52 Å². The minimum absolute atomic E-state index is 0.675. The molecule has 0 aliphatic carbocycles. The van der Waals surface area contributed by atoms with E-state index in [0.717, 1.165) is 36.5 Å². The molecule has 166 valence electrons. The van der Waals surface area contributed by atoms with Gasteiger partial charge in [0.15, 0.2) is 0 Å². The molecule has 1 aliphatic rings. The minimum Gasteiger partial charge on any atom is -0.384 e. The van der Waals surface area contributed by atoms with Crippen molar-refractivity contribution in [3.05, 3.63) is 108 Å². The lowest BCUT2D eigenvalue weighted by Crippen LogP contribution is -2.31. The smallest absolute Gasteiger partial charge is 0.225 e. The maximum atomic E-state index is 10.4. The number of imidazole rings is 1. The fraction of sp³-hybridized carbons (Fsp3) is 0.200. The molecule has 1 unspecified atom stereocenters. The fourth-order valence-electron chi connectivity index (χ4n) is 3.95. The maximum absolute atomic E-state index is 10.4. The Labute approximate surface area is 191 Å². The van der Waals surface area contributed by atoms with E-state index in [4.69, 9.17) is 0 Å². The van der Waals surface area contributed by atoms with Crippen molar-refractivity contribution < 1.29 is 5.11 Å². The van der Waals surface area contributed by atoms with E-state index < -0.39 is 6.10 Å². The highest BCUT2D eigenvalue weighted by Crippen LogP contribution is 2.23. The number of aromatic amines is 1. The molecule has 8 heteroatoms. The normalized spacial score (nSPS) is 13.8. The summed E-state index contributed by atoms with van der Waals surface area (Å²) < 4.78 is 1.87. The van der Waals surface area contributed by atoms with Crippen LogP contribution in [0.3, 0.4) is 0 Å². The number of benzene rings is 1. The lowest BCUT2D eigenvalue weighted by Gasteiger charge is -2.26. The fourth-order valence-corrected chi connectivity index (χ4v) is 3.95. The summed E-state index contributed by atoms with van der Waals surface area (Å²) in [6.45, 7) is 3.66. The predicted octanol–water partition coefficient (Wildman–Crippen LogP) is 3.49. The summed E-state index contributed by atoms with van der Waals surface area (Å²) in [7, 11) is 0. The molecule has 0 bridgehead atoms. The summed E-state index contributed by atoms with van der Waals surface area (Å²) in [5.41, 5.74) is 6.22. The third kappa shape index (κ3) is 4.47. The van der Waals surface area contributed by atoms with Gasteiger partial charge in [0.05, 0.1) is 29.8 Å². The summed E-state index contributed by atoms with van der Waals surface area (Å²) in [4.78, 5) is 18.4. The SMILES string of the molecule is Cc1cccn2nccc12.OC(c1ccccc1)c1cnc(N2CCc3nc[nH]c3C2)nc1. The summed E-state index contributed by atoms with van der Waals surface area (Å²) in [6.07, 6.45) is 9.06. The number of nitrogens with zero attached hydrogens (tertiary/aromatic N) is 6. The maximum Gasteiger partial charge on any atom is 0.225 e. The van der Waals surface area contributed by atoms with Gasteiger partial charge in [-0.1, -0.05) is 36.4 Å². The van der Waals surface area contributed by atoms with Crippen LogP contribution in [0.2, 0.25) is 0 Å². The first-order valence-electron chi connectivity index (χ1n) is 10.9. The number of rotatable bonds is 3. The topological polar surface area (TPSA) is 95.2 Å². The number of anilines is 1. The number of hydrogen-bond donors (Lipinski definition) is 2. The summed E-state index contributed by atoms with van der Waals surface area (Å²) in [5, 5.41) is 14.5. The molecule has 4 aromatic heterocycles. The zero-order chi connectivity index (χ0) is 22.6. The Morgan fingerprint density at radius 1 is 0.970 bits per heavy atom. The standard InChI is InChI=1S/C17H17N5O.C8H8N2/c23-16(12-4-2-1-3-5-12)13-8-18-17(19-9-13)22-7-6-14-15(10-22)21-11-20-14;1-7-3-2-6-10-8(7)4-5-9-10/h1-5,8-9,11,16,23H,6-7,10H2,(H,20,21);2-6H,1H3. The van der Waals surface area contributed by atoms with Crippen molar-refractivity contribution in [3.63, 3.8) is 0 Å². The van der Waals surface area contributed by atoms with Crippen molar-refractivity contribution in [2.24, 2.45) is 0 Å². The number of nitrogens with one attached hydrogen (secondary N) is 1. The number of H-pyrrole nitrogens is 1. The van der Waals surface area contributed by atoms with Gasteiger partial charge in [0.2, 0.25) is 5.95 Å². The molecule has 0 amide bonds. The Hall–Kier alpha value is -4.04. The van der Waals surface area contributed by atoms with Crippen LogP contribution in [-0.4, -0.2) is 41.2 Å². The van der Waals surface area contributed by atoms with E-state index in [-0.39, 0.29) is 0 Å². The van der Waals surface area contributed by atoms with Crippen molar-refractivity contribution in [2.75, 3.05) is 11.4 Å². The molecule has 0 saturated heterocycles. The second-order valence-electron chi connectivity index (χ2n) is 7.98. The summed E-state index contributed by atoms with van der Waals surface area (Å²) in [6, 6.07) is 15.6. The van der Waals surface area contributed by atoms with Gasteiger partial charge in [-0.15, -0.1) is 0 Å². The second-order valence-corrected chi connectivity index (χ2v) is 7.98. The molecule has 0 fully saturated rings. The molecule has 33 heavy (non-hydrogen) atoms. The molecule has 8 nitrogen and oxygen atoms in total. The molecule has 6 rings (SSSR count).